The number of nitrogens with zero attached hydrogens (tertiary/aromatic N) is 1. The van der Waals surface area contributed by atoms with Crippen LogP contribution in [0.3, 0.4) is 0 Å². The zero-order valence-corrected chi connectivity index (χ0v) is 11.4. The molecule has 90 valence electrons. The van der Waals surface area contributed by atoms with E-state index in [-0.39, 0.29) is 0 Å². The topological polar surface area (TPSA) is 24.9 Å². The molecule has 0 aromatic carbocycles. The molecular weight excluding hydrogens is 216 g/mol. The molecule has 2 atom stereocenters. The van der Waals surface area contributed by atoms with Crippen LogP contribution in [0.15, 0.2) is 0 Å². The smallest absolute Gasteiger partial charge is 0.183 e. The number of hydrogen-bond donors (Lipinski definition) is 1. The Morgan fingerprint density at radius 3 is 2.62 bits per heavy atom. The fraction of sp³-hybridized carbons (Fsp3) is 0.769. The summed E-state index contributed by atoms with van der Waals surface area (Å²) in [5, 5.41) is 4.76. The first-order chi connectivity index (χ1) is 7.66. The monoisotopic (exact) mass is 238 g/mol. The Bertz CT molecular complexity index is 326. The van der Waals surface area contributed by atoms with Gasteiger partial charge in [0.15, 0.2) is 5.13 Å². The third-order valence-electron chi connectivity index (χ3n) is 3.70. The second kappa shape index (κ2) is 5.17. The van der Waals surface area contributed by atoms with E-state index in [1.54, 1.807) is 11.3 Å². The summed E-state index contributed by atoms with van der Waals surface area (Å²) in [6, 6.07) is 0.632. The maximum Gasteiger partial charge on any atom is 0.183 e. The number of aromatic nitrogens is 1. The standard InChI is InChI=1S/C13H22N2S/c1-9-7-5-4-6-8-12(9)15-13-14-10(2)11(3)16-13/h9,12H,4-8H2,1-3H3,(H,14,15). The summed E-state index contributed by atoms with van der Waals surface area (Å²) in [4.78, 5) is 5.91. The number of nitrogens with one attached hydrogen (secondary N) is 1. The van der Waals surface area contributed by atoms with E-state index in [4.69, 9.17) is 0 Å². The summed E-state index contributed by atoms with van der Waals surface area (Å²) in [6.45, 7) is 6.61. The van der Waals surface area contributed by atoms with Gasteiger partial charge in [-0.05, 0) is 32.6 Å². The summed E-state index contributed by atoms with van der Waals surface area (Å²) in [7, 11) is 0. The second-order valence-corrected chi connectivity index (χ2v) is 6.23. The molecular formula is C13H22N2S. The highest BCUT2D eigenvalue weighted by Gasteiger charge is 2.20. The van der Waals surface area contributed by atoms with Crippen molar-refractivity contribution in [1.29, 1.82) is 0 Å². The van der Waals surface area contributed by atoms with Crippen LogP contribution in [0.5, 0.6) is 0 Å². The average molecular weight is 238 g/mol. The molecule has 1 aliphatic rings. The molecule has 2 nitrogen and oxygen atoms in total. The predicted octanol–water partition coefficient (Wildman–Crippen LogP) is 4.14. The molecule has 0 spiro atoms. The zero-order valence-electron chi connectivity index (χ0n) is 10.5. The molecule has 1 N–H and O–H groups in total. The Labute approximate surface area is 102 Å². The van der Waals surface area contributed by atoms with Crippen LogP contribution in [0.1, 0.15) is 49.6 Å². The lowest BCUT2D eigenvalue weighted by atomic mass is 9.97. The van der Waals surface area contributed by atoms with Crippen LogP contribution in [-0.2, 0) is 0 Å². The largest absolute Gasteiger partial charge is 0.359 e. The first-order valence-corrected chi connectivity index (χ1v) is 7.19. The Morgan fingerprint density at radius 2 is 1.94 bits per heavy atom. The molecule has 1 heterocycles. The normalized spacial score (nSPS) is 26.4. The zero-order chi connectivity index (χ0) is 11.5. The summed E-state index contributed by atoms with van der Waals surface area (Å²) >= 11 is 1.79. The van der Waals surface area contributed by atoms with Gasteiger partial charge in [-0.25, -0.2) is 4.98 Å². The fourth-order valence-corrected chi connectivity index (χ4v) is 3.28. The molecule has 1 aliphatic carbocycles. The molecule has 3 heteroatoms. The third-order valence-corrected chi connectivity index (χ3v) is 4.70. The van der Waals surface area contributed by atoms with E-state index in [0.717, 1.165) is 11.0 Å². The van der Waals surface area contributed by atoms with Gasteiger partial charge in [-0.15, -0.1) is 11.3 Å². The Kier molecular flexibility index (Phi) is 3.85. The third kappa shape index (κ3) is 2.76. The van der Waals surface area contributed by atoms with Crippen molar-refractivity contribution in [3.63, 3.8) is 0 Å². The highest BCUT2D eigenvalue weighted by atomic mass is 32.1. The molecule has 2 unspecified atom stereocenters. The lowest BCUT2D eigenvalue weighted by molar-refractivity contribution is 0.456. The quantitative estimate of drug-likeness (QED) is 0.783. The van der Waals surface area contributed by atoms with Gasteiger partial charge in [-0.2, -0.15) is 0 Å². The molecule has 0 aliphatic heterocycles. The van der Waals surface area contributed by atoms with E-state index in [1.165, 1.54) is 42.7 Å². The van der Waals surface area contributed by atoms with Crippen molar-refractivity contribution in [2.24, 2.45) is 5.92 Å². The van der Waals surface area contributed by atoms with Crippen molar-refractivity contribution in [1.82, 2.24) is 4.98 Å². The van der Waals surface area contributed by atoms with E-state index >= 15 is 0 Å². The van der Waals surface area contributed by atoms with Gasteiger partial charge >= 0.3 is 0 Å². The highest BCUT2D eigenvalue weighted by Crippen LogP contribution is 2.28. The van der Waals surface area contributed by atoms with Gasteiger partial charge in [-0.3, -0.25) is 0 Å². The lowest BCUT2D eigenvalue weighted by Crippen LogP contribution is -2.26. The molecule has 1 aromatic heterocycles. The Morgan fingerprint density at radius 1 is 1.19 bits per heavy atom. The molecule has 1 aromatic rings. The minimum Gasteiger partial charge on any atom is -0.359 e. The summed E-state index contributed by atoms with van der Waals surface area (Å²) in [5.74, 6) is 0.784. The predicted molar refractivity (Wildman–Crippen MR) is 71.2 cm³/mol. The van der Waals surface area contributed by atoms with Gasteiger partial charge in [0, 0.05) is 10.9 Å². The number of aryl methyl sites for hydroxylation is 2. The Balaban J connectivity index is 2.01. The lowest BCUT2D eigenvalue weighted by Gasteiger charge is -2.22. The van der Waals surface area contributed by atoms with Crippen molar-refractivity contribution in [3.05, 3.63) is 10.6 Å². The van der Waals surface area contributed by atoms with Crippen LogP contribution >= 0.6 is 11.3 Å². The van der Waals surface area contributed by atoms with Crippen LogP contribution in [0, 0.1) is 19.8 Å². The highest BCUT2D eigenvalue weighted by molar-refractivity contribution is 7.15. The van der Waals surface area contributed by atoms with E-state index in [2.05, 4.69) is 31.1 Å². The van der Waals surface area contributed by atoms with Gasteiger partial charge in [0.2, 0.25) is 0 Å². The van der Waals surface area contributed by atoms with Gasteiger partial charge in [0.05, 0.1) is 5.69 Å². The van der Waals surface area contributed by atoms with Gasteiger partial charge in [-0.1, -0.05) is 26.2 Å². The molecule has 0 saturated heterocycles. The number of hydrogen-bond acceptors (Lipinski definition) is 3. The molecule has 2 rings (SSSR count). The average Bonchev–Trinajstić information content (AvgIpc) is 2.44. The molecule has 16 heavy (non-hydrogen) atoms. The first-order valence-electron chi connectivity index (χ1n) is 6.37. The van der Waals surface area contributed by atoms with Crippen molar-refractivity contribution in [3.8, 4) is 0 Å². The van der Waals surface area contributed by atoms with Crippen molar-refractivity contribution in [2.45, 2.75) is 58.9 Å². The number of anilines is 1. The van der Waals surface area contributed by atoms with Crippen molar-refractivity contribution >= 4 is 16.5 Å². The van der Waals surface area contributed by atoms with Crippen molar-refractivity contribution in [2.75, 3.05) is 5.32 Å². The maximum absolute atomic E-state index is 4.58. The minimum absolute atomic E-state index is 0.632. The molecule has 1 fully saturated rings. The summed E-state index contributed by atoms with van der Waals surface area (Å²) in [6.07, 6.45) is 6.83. The second-order valence-electron chi connectivity index (χ2n) is 5.03. The van der Waals surface area contributed by atoms with Gasteiger partial charge in [0.25, 0.3) is 0 Å². The number of rotatable bonds is 2. The minimum atomic E-state index is 0.632. The van der Waals surface area contributed by atoms with E-state index < -0.39 is 0 Å². The molecule has 0 radical (unpaired) electrons. The van der Waals surface area contributed by atoms with E-state index in [0.29, 0.717) is 6.04 Å². The Hall–Kier alpha value is -0.570. The first kappa shape index (κ1) is 11.9. The van der Waals surface area contributed by atoms with E-state index in [1.807, 2.05) is 0 Å². The van der Waals surface area contributed by atoms with Gasteiger partial charge in [0.1, 0.15) is 0 Å². The van der Waals surface area contributed by atoms with Crippen molar-refractivity contribution < 1.29 is 0 Å². The fourth-order valence-electron chi connectivity index (χ4n) is 2.40. The number of thiazole rings is 1. The summed E-state index contributed by atoms with van der Waals surface area (Å²) in [5.41, 5.74) is 1.17. The maximum atomic E-state index is 4.58. The van der Waals surface area contributed by atoms with E-state index in [9.17, 15) is 0 Å². The van der Waals surface area contributed by atoms with Crippen LogP contribution in [-0.4, -0.2) is 11.0 Å². The van der Waals surface area contributed by atoms with Crippen LogP contribution in [0.2, 0.25) is 0 Å². The van der Waals surface area contributed by atoms with Crippen LogP contribution in [0.25, 0.3) is 0 Å². The summed E-state index contributed by atoms with van der Waals surface area (Å²) < 4.78 is 0. The molecule has 1 saturated carbocycles. The molecule has 0 bridgehead atoms. The molecule has 0 amide bonds. The van der Waals surface area contributed by atoms with Gasteiger partial charge < -0.3 is 5.32 Å². The van der Waals surface area contributed by atoms with Crippen LogP contribution < -0.4 is 5.32 Å². The SMILES string of the molecule is Cc1nc(NC2CCCCCC2C)sc1C. The van der Waals surface area contributed by atoms with Crippen LogP contribution in [0.4, 0.5) is 5.13 Å².